The van der Waals surface area contributed by atoms with E-state index in [1.165, 1.54) is 10.3 Å². The maximum absolute atomic E-state index is 13.7. The summed E-state index contributed by atoms with van der Waals surface area (Å²) >= 11 is 0. The largest absolute Gasteiger partial charge is 0.338 e. The molecule has 0 aliphatic heterocycles. The SMILES string of the molecule is CCCCCNC(=O)N(c1ccccc1)C(C)C(C)S(=O)(=O)n1cnc(-c2ccccc2)c1C. The highest BCUT2D eigenvalue weighted by Gasteiger charge is 2.36. The Hall–Kier alpha value is -3.13. The monoisotopic (exact) mass is 482 g/mol. The first-order valence-electron chi connectivity index (χ1n) is 11.7. The van der Waals surface area contributed by atoms with Crippen LogP contribution in [0.5, 0.6) is 0 Å². The highest BCUT2D eigenvalue weighted by molar-refractivity contribution is 7.90. The summed E-state index contributed by atoms with van der Waals surface area (Å²) in [5, 5.41) is 2.07. The molecular weight excluding hydrogens is 448 g/mol. The van der Waals surface area contributed by atoms with E-state index in [-0.39, 0.29) is 6.03 Å². The molecule has 0 aliphatic carbocycles. The normalized spacial score (nSPS) is 13.3. The Balaban J connectivity index is 1.90. The molecule has 1 N–H and O–H groups in total. The van der Waals surface area contributed by atoms with Crippen molar-refractivity contribution < 1.29 is 13.2 Å². The Kier molecular flexibility index (Phi) is 8.50. The van der Waals surface area contributed by atoms with Crippen LogP contribution in [-0.4, -0.2) is 41.2 Å². The fourth-order valence-corrected chi connectivity index (χ4v) is 5.57. The quantitative estimate of drug-likeness (QED) is 0.402. The topological polar surface area (TPSA) is 84.3 Å². The average Bonchev–Trinajstić information content (AvgIpc) is 3.24. The van der Waals surface area contributed by atoms with E-state index in [1.807, 2.05) is 60.7 Å². The Morgan fingerprint density at radius 1 is 1.03 bits per heavy atom. The van der Waals surface area contributed by atoms with Gasteiger partial charge < -0.3 is 5.32 Å². The molecule has 0 saturated carbocycles. The predicted molar refractivity (Wildman–Crippen MR) is 137 cm³/mol. The van der Waals surface area contributed by atoms with E-state index < -0.39 is 21.3 Å². The smallest absolute Gasteiger partial charge is 0.322 e. The third kappa shape index (κ3) is 5.50. The van der Waals surface area contributed by atoms with Crippen molar-refractivity contribution in [3.05, 3.63) is 72.7 Å². The molecule has 0 bridgehead atoms. The highest BCUT2D eigenvalue weighted by Crippen LogP contribution is 2.26. The number of nitrogens with one attached hydrogen (secondary N) is 1. The van der Waals surface area contributed by atoms with Gasteiger partial charge in [-0.15, -0.1) is 0 Å². The molecule has 0 spiro atoms. The number of imidazole rings is 1. The van der Waals surface area contributed by atoms with Gasteiger partial charge in [0.05, 0.1) is 22.7 Å². The van der Waals surface area contributed by atoms with Crippen molar-refractivity contribution in [2.24, 2.45) is 0 Å². The van der Waals surface area contributed by atoms with E-state index in [4.69, 9.17) is 0 Å². The number of anilines is 1. The molecule has 2 aromatic carbocycles. The molecule has 0 radical (unpaired) electrons. The van der Waals surface area contributed by atoms with Crippen molar-refractivity contribution in [2.75, 3.05) is 11.4 Å². The first-order chi connectivity index (χ1) is 16.3. The molecule has 2 amide bonds. The molecule has 0 aliphatic rings. The summed E-state index contributed by atoms with van der Waals surface area (Å²) in [5.74, 6) is 0. The minimum absolute atomic E-state index is 0.302. The van der Waals surface area contributed by atoms with Crippen molar-refractivity contribution in [1.29, 1.82) is 0 Å². The lowest BCUT2D eigenvalue weighted by molar-refractivity contribution is 0.244. The second-order valence-corrected chi connectivity index (χ2v) is 10.6. The summed E-state index contributed by atoms with van der Waals surface area (Å²) in [6.45, 7) is 7.81. The summed E-state index contributed by atoms with van der Waals surface area (Å²) in [4.78, 5) is 19.1. The number of hydrogen-bond donors (Lipinski definition) is 1. The van der Waals surface area contributed by atoms with Crippen molar-refractivity contribution in [2.45, 2.75) is 58.2 Å². The van der Waals surface area contributed by atoms with Crippen LogP contribution in [0.2, 0.25) is 0 Å². The summed E-state index contributed by atoms with van der Waals surface area (Å²) < 4.78 is 28.6. The Labute approximate surface area is 202 Å². The maximum atomic E-state index is 13.7. The number of carbonyl (C=O) groups excluding carboxylic acids is 1. The molecule has 3 rings (SSSR count). The summed E-state index contributed by atoms with van der Waals surface area (Å²) in [6, 6.07) is 17.7. The number of nitrogens with zero attached hydrogens (tertiary/aromatic N) is 3. The van der Waals surface area contributed by atoms with Gasteiger partial charge in [0.2, 0.25) is 10.0 Å². The summed E-state index contributed by atoms with van der Waals surface area (Å²) in [6.07, 6.45) is 4.31. The number of hydrogen-bond acceptors (Lipinski definition) is 4. The Morgan fingerprint density at radius 2 is 1.65 bits per heavy atom. The van der Waals surface area contributed by atoms with Gasteiger partial charge in [0.25, 0.3) is 0 Å². The van der Waals surface area contributed by atoms with Gasteiger partial charge in [-0.3, -0.25) is 4.90 Å². The van der Waals surface area contributed by atoms with Crippen LogP contribution in [0, 0.1) is 6.92 Å². The lowest BCUT2D eigenvalue weighted by Crippen LogP contribution is -2.52. The minimum atomic E-state index is -3.84. The first-order valence-corrected chi connectivity index (χ1v) is 13.2. The van der Waals surface area contributed by atoms with Crippen LogP contribution in [0.4, 0.5) is 10.5 Å². The predicted octanol–water partition coefficient (Wildman–Crippen LogP) is 5.22. The molecule has 8 heteroatoms. The number of aromatic nitrogens is 2. The molecule has 2 atom stereocenters. The van der Waals surface area contributed by atoms with Gasteiger partial charge in [-0.1, -0.05) is 68.3 Å². The Bertz CT molecular complexity index is 1180. The van der Waals surface area contributed by atoms with Gasteiger partial charge >= 0.3 is 6.03 Å². The van der Waals surface area contributed by atoms with Crippen LogP contribution in [0.15, 0.2) is 67.0 Å². The van der Waals surface area contributed by atoms with Crippen molar-refractivity contribution >= 4 is 21.7 Å². The number of para-hydroxylation sites is 1. The van der Waals surface area contributed by atoms with Crippen LogP contribution in [0.25, 0.3) is 11.3 Å². The van der Waals surface area contributed by atoms with Crippen molar-refractivity contribution in [3.63, 3.8) is 0 Å². The van der Waals surface area contributed by atoms with Gasteiger partial charge in [0.1, 0.15) is 6.33 Å². The molecule has 1 aromatic heterocycles. The van der Waals surface area contributed by atoms with Crippen LogP contribution >= 0.6 is 0 Å². The lowest BCUT2D eigenvalue weighted by Gasteiger charge is -2.33. The van der Waals surface area contributed by atoms with Gasteiger partial charge in [0, 0.05) is 17.8 Å². The van der Waals surface area contributed by atoms with E-state index in [0.29, 0.717) is 23.6 Å². The highest BCUT2D eigenvalue weighted by atomic mass is 32.2. The number of unbranched alkanes of at least 4 members (excludes halogenated alkanes) is 2. The molecular formula is C26H34N4O3S. The zero-order valence-corrected chi connectivity index (χ0v) is 21.1. The van der Waals surface area contributed by atoms with Crippen molar-refractivity contribution in [3.8, 4) is 11.3 Å². The van der Waals surface area contributed by atoms with Gasteiger partial charge in [-0.2, -0.15) is 0 Å². The van der Waals surface area contributed by atoms with Crippen LogP contribution < -0.4 is 10.2 Å². The number of urea groups is 1. The van der Waals surface area contributed by atoms with Gasteiger partial charge in [0.15, 0.2) is 0 Å². The zero-order valence-electron chi connectivity index (χ0n) is 20.3. The molecule has 7 nitrogen and oxygen atoms in total. The fourth-order valence-electron chi connectivity index (χ4n) is 3.95. The summed E-state index contributed by atoms with van der Waals surface area (Å²) in [7, 11) is -3.84. The molecule has 34 heavy (non-hydrogen) atoms. The van der Waals surface area contributed by atoms with Gasteiger partial charge in [-0.25, -0.2) is 22.2 Å². The fraction of sp³-hybridized carbons (Fsp3) is 0.385. The Morgan fingerprint density at radius 3 is 2.26 bits per heavy atom. The second-order valence-electron chi connectivity index (χ2n) is 8.48. The van der Waals surface area contributed by atoms with Crippen LogP contribution in [0.1, 0.15) is 45.7 Å². The van der Waals surface area contributed by atoms with Gasteiger partial charge in [-0.05, 0) is 39.3 Å². The second kappa shape index (κ2) is 11.3. The molecule has 0 fully saturated rings. The third-order valence-electron chi connectivity index (χ3n) is 6.15. The zero-order chi connectivity index (χ0) is 24.7. The molecule has 3 aromatic rings. The number of amides is 2. The van der Waals surface area contributed by atoms with E-state index in [9.17, 15) is 13.2 Å². The van der Waals surface area contributed by atoms with E-state index in [0.717, 1.165) is 24.8 Å². The van der Waals surface area contributed by atoms with E-state index in [2.05, 4.69) is 17.2 Å². The number of rotatable bonds is 10. The maximum Gasteiger partial charge on any atom is 0.322 e. The first kappa shape index (κ1) is 25.5. The molecule has 2 unspecified atom stereocenters. The van der Waals surface area contributed by atoms with E-state index in [1.54, 1.807) is 25.7 Å². The van der Waals surface area contributed by atoms with Crippen LogP contribution in [0.3, 0.4) is 0 Å². The molecule has 0 saturated heterocycles. The third-order valence-corrected chi connectivity index (χ3v) is 8.40. The van der Waals surface area contributed by atoms with Crippen molar-refractivity contribution in [1.82, 2.24) is 14.3 Å². The van der Waals surface area contributed by atoms with Crippen LogP contribution in [-0.2, 0) is 10.0 Å². The number of benzene rings is 2. The average molecular weight is 483 g/mol. The lowest BCUT2D eigenvalue weighted by atomic mass is 10.1. The summed E-state index contributed by atoms with van der Waals surface area (Å²) in [5.41, 5.74) is 2.67. The number of carbonyl (C=O) groups is 1. The molecule has 1 heterocycles. The molecule has 182 valence electrons. The standard InChI is InChI=1S/C26H34N4O3S/c1-5-6-13-18-27-26(31)30(24-16-11-8-12-17-24)20(2)22(4)34(32,33)29-19-28-25(21(29)3)23-14-9-7-10-15-23/h7-12,14-17,19-20,22H,5-6,13,18H2,1-4H3,(H,27,31). The van der Waals surface area contributed by atoms with E-state index >= 15 is 0 Å². The minimum Gasteiger partial charge on any atom is -0.338 e.